The Labute approximate surface area is 142 Å². The van der Waals surface area contributed by atoms with Crippen LogP contribution >= 0.6 is 0 Å². The van der Waals surface area contributed by atoms with Gasteiger partial charge in [-0.05, 0) is 44.2 Å². The molecule has 0 saturated carbocycles. The second-order valence-corrected chi connectivity index (χ2v) is 6.22. The molecule has 0 heterocycles. The van der Waals surface area contributed by atoms with Crippen LogP contribution in [0.2, 0.25) is 0 Å². The van der Waals surface area contributed by atoms with Crippen LogP contribution in [0, 0.1) is 0 Å². The van der Waals surface area contributed by atoms with Gasteiger partial charge in [0.15, 0.2) is 0 Å². The molecule has 0 unspecified atom stereocenters. The quantitative estimate of drug-likeness (QED) is 0.308. The first-order valence-corrected chi connectivity index (χ1v) is 9.39. The minimum atomic E-state index is 0.265. The Balaban J connectivity index is 1.84. The summed E-state index contributed by atoms with van der Waals surface area (Å²) < 4.78 is 5.62. The van der Waals surface area contributed by atoms with Crippen molar-refractivity contribution >= 4 is 0 Å². The number of phenols is 1. The number of allylic oxidation sites excluding steroid dienone is 2. The van der Waals surface area contributed by atoms with Crippen molar-refractivity contribution in [2.24, 2.45) is 0 Å². The van der Waals surface area contributed by atoms with Gasteiger partial charge in [0.1, 0.15) is 11.5 Å². The van der Waals surface area contributed by atoms with Gasteiger partial charge in [0, 0.05) is 6.07 Å². The van der Waals surface area contributed by atoms with Gasteiger partial charge < -0.3 is 9.84 Å². The second kappa shape index (κ2) is 14.2. The highest BCUT2D eigenvalue weighted by atomic mass is 16.5. The first-order valence-electron chi connectivity index (χ1n) is 9.39. The van der Waals surface area contributed by atoms with E-state index in [4.69, 9.17) is 4.74 Å². The molecule has 0 aliphatic heterocycles. The van der Waals surface area contributed by atoms with Gasteiger partial charge in [-0.25, -0.2) is 0 Å². The SMILES string of the molecule is CCCCCCC=CCCCCCCCOc1cccc(O)c1. The van der Waals surface area contributed by atoms with Crippen LogP contribution in [0.25, 0.3) is 0 Å². The minimum Gasteiger partial charge on any atom is -0.508 e. The van der Waals surface area contributed by atoms with Gasteiger partial charge in [-0.15, -0.1) is 0 Å². The fraction of sp³-hybridized carbons (Fsp3) is 0.619. The van der Waals surface area contributed by atoms with Gasteiger partial charge in [-0.2, -0.15) is 0 Å². The third-order valence-corrected chi connectivity index (χ3v) is 3.99. The molecule has 1 N–H and O–H groups in total. The Hall–Kier alpha value is -1.44. The summed E-state index contributed by atoms with van der Waals surface area (Å²) in [4.78, 5) is 0. The van der Waals surface area contributed by atoms with Crippen molar-refractivity contribution in [2.75, 3.05) is 6.61 Å². The van der Waals surface area contributed by atoms with Crippen LogP contribution < -0.4 is 4.74 Å². The summed E-state index contributed by atoms with van der Waals surface area (Å²) >= 11 is 0. The average molecular weight is 319 g/mol. The van der Waals surface area contributed by atoms with Crippen LogP contribution in [-0.4, -0.2) is 11.7 Å². The Morgan fingerprint density at radius 1 is 0.870 bits per heavy atom. The Morgan fingerprint density at radius 2 is 1.52 bits per heavy atom. The van der Waals surface area contributed by atoms with E-state index in [1.807, 2.05) is 12.1 Å². The van der Waals surface area contributed by atoms with Crippen molar-refractivity contribution in [1.29, 1.82) is 0 Å². The maximum absolute atomic E-state index is 9.34. The van der Waals surface area contributed by atoms with Crippen LogP contribution in [0.1, 0.15) is 77.6 Å². The predicted molar refractivity (Wildman–Crippen MR) is 99.2 cm³/mol. The number of phenolic OH excluding ortho intramolecular Hbond substituents is 1. The molecule has 130 valence electrons. The molecule has 0 aliphatic carbocycles. The topological polar surface area (TPSA) is 29.5 Å². The summed E-state index contributed by atoms with van der Waals surface area (Å²) in [7, 11) is 0. The zero-order valence-corrected chi connectivity index (χ0v) is 14.8. The van der Waals surface area contributed by atoms with E-state index in [-0.39, 0.29) is 5.75 Å². The Morgan fingerprint density at radius 3 is 2.22 bits per heavy atom. The maximum atomic E-state index is 9.34. The van der Waals surface area contributed by atoms with Gasteiger partial charge in [0.25, 0.3) is 0 Å². The molecule has 2 heteroatoms. The van der Waals surface area contributed by atoms with E-state index < -0.39 is 0 Å². The van der Waals surface area contributed by atoms with Gasteiger partial charge >= 0.3 is 0 Å². The van der Waals surface area contributed by atoms with Gasteiger partial charge in [-0.1, -0.05) is 63.7 Å². The molecule has 1 aromatic rings. The largest absolute Gasteiger partial charge is 0.508 e. The molecule has 0 spiro atoms. The number of ether oxygens (including phenoxy) is 1. The molecule has 0 aromatic heterocycles. The predicted octanol–water partition coefficient (Wildman–Crippen LogP) is 6.64. The molecule has 0 atom stereocenters. The summed E-state index contributed by atoms with van der Waals surface area (Å²) in [6, 6.07) is 7.01. The molecule has 2 nitrogen and oxygen atoms in total. The number of hydrogen-bond acceptors (Lipinski definition) is 2. The first kappa shape index (κ1) is 19.6. The summed E-state index contributed by atoms with van der Waals surface area (Å²) in [5.41, 5.74) is 0. The van der Waals surface area contributed by atoms with Gasteiger partial charge in [0.05, 0.1) is 6.61 Å². The molecule has 0 bridgehead atoms. The second-order valence-electron chi connectivity index (χ2n) is 6.22. The zero-order chi connectivity index (χ0) is 16.6. The van der Waals surface area contributed by atoms with Gasteiger partial charge in [-0.3, -0.25) is 0 Å². The highest BCUT2D eigenvalue weighted by Crippen LogP contribution is 2.18. The van der Waals surface area contributed by atoms with E-state index in [1.54, 1.807) is 12.1 Å². The molecular formula is C21H34O2. The van der Waals surface area contributed by atoms with Crippen LogP contribution in [0.3, 0.4) is 0 Å². The van der Waals surface area contributed by atoms with E-state index in [1.165, 1.54) is 64.2 Å². The highest BCUT2D eigenvalue weighted by molar-refractivity contribution is 5.31. The summed E-state index contributed by atoms with van der Waals surface area (Å²) in [6.07, 6.45) is 18.8. The third-order valence-electron chi connectivity index (χ3n) is 3.99. The summed E-state index contributed by atoms with van der Waals surface area (Å²) in [6.45, 7) is 3.00. The van der Waals surface area contributed by atoms with Crippen LogP contribution in [0.15, 0.2) is 36.4 Å². The number of hydrogen-bond donors (Lipinski definition) is 1. The molecule has 0 radical (unpaired) electrons. The number of rotatable bonds is 14. The molecule has 23 heavy (non-hydrogen) atoms. The van der Waals surface area contributed by atoms with Crippen molar-refractivity contribution in [3.8, 4) is 11.5 Å². The van der Waals surface area contributed by atoms with Crippen molar-refractivity contribution in [3.63, 3.8) is 0 Å². The van der Waals surface area contributed by atoms with Crippen molar-refractivity contribution in [1.82, 2.24) is 0 Å². The zero-order valence-electron chi connectivity index (χ0n) is 14.8. The van der Waals surface area contributed by atoms with E-state index >= 15 is 0 Å². The average Bonchev–Trinajstić information content (AvgIpc) is 2.55. The lowest BCUT2D eigenvalue weighted by molar-refractivity contribution is 0.303. The maximum Gasteiger partial charge on any atom is 0.122 e. The number of aromatic hydroxyl groups is 1. The molecule has 0 aliphatic rings. The molecule has 1 aromatic carbocycles. The molecule has 1 rings (SSSR count). The summed E-state index contributed by atoms with van der Waals surface area (Å²) in [5.74, 6) is 1.02. The first-order chi connectivity index (χ1) is 11.3. The number of unbranched alkanes of at least 4 members (excludes halogenated alkanes) is 9. The Kier molecular flexibility index (Phi) is 12.1. The Bertz CT molecular complexity index is 412. The van der Waals surface area contributed by atoms with Crippen molar-refractivity contribution in [2.45, 2.75) is 77.6 Å². The normalized spacial score (nSPS) is 11.2. The lowest BCUT2D eigenvalue weighted by atomic mass is 10.1. The third kappa shape index (κ3) is 11.7. The molecule has 0 saturated heterocycles. The van der Waals surface area contributed by atoms with Crippen LogP contribution in [0.4, 0.5) is 0 Å². The molecular weight excluding hydrogens is 284 g/mol. The van der Waals surface area contributed by atoms with Crippen molar-refractivity contribution in [3.05, 3.63) is 36.4 Å². The van der Waals surface area contributed by atoms with Crippen LogP contribution in [0.5, 0.6) is 11.5 Å². The van der Waals surface area contributed by atoms with E-state index in [0.29, 0.717) is 0 Å². The van der Waals surface area contributed by atoms with E-state index in [2.05, 4.69) is 19.1 Å². The smallest absolute Gasteiger partial charge is 0.122 e. The highest BCUT2D eigenvalue weighted by Gasteiger charge is 1.95. The van der Waals surface area contributed by atoms with E-state index in [0.717, 1.165) is 18.8 Å². The molecule has 0 fully saturated rings. The van der Waals surface area contributed by atoms with Crippen LogP contribution in [-0.2, 0) is 0 Å². The summed E-state index contributed by atoms with van der Waals surface area (Å²) in [5, 5.41) is 9.34. The van der Waals surface area contributed by atoms with Gasteiger partial charge in [0.2, 0.25) is 0 Å². The fourth-order valence-corrected chi connectivity index (χ4v) is 2.58. The monoisotopic (exact) mass is 318 g/mol. The minimum absolute atomic E-state index is 0.265. The lowest BCUT2D eigenvalue weighted by Crippen LogP contribution is -1.96. The fourth-order valence-electron chi connectivity index (χ4n) is 2.58. The van der Waals surface area contributed by atoms with Crippen molar-refractivity contribution < 1.29 is 9.84 Å². The standard InChI is InChI=1S/C21H34O2/c1-2-3-4-5-6-7-8-9-10-11-12-13-14-18-23-21-17-15-16-20(22)19-21/h7-8,15-17,19,22H,2-6,9-14,18H2,1H3. The lowest BCUT2D eigenvalue weighted by Gasteiger charge is -2.06. The van der Waals surface area contributed by atoms with E-state index in [9.17, 15) is 5.11 Å². The number of benzene rings is 1. The molecule has 0 amide bonds.